The van der Waals surface area contributed by atoms with E-state index in [-0.39, 0.29) is 42.5 Å². The van der Waals surface area contributed by atoms with E-state index in [1.807, 2.05) is 0 Å². The zero-order valence-corrected chi connectivity index (χ0v) is 24.6. The Balaban J connectivity index is 1.66. The predicted octanol–water partition coefficient (Wildman–Crippen LogP) is 7.66. The van der Waals surface area contributed by atoms with E-state index in [2.05, 4.69) is 5.32 Å². The molecule has 0 spiro atoms. The molecule has 1 fully saturated rings. The number of benzene rings is 2. The first kappa shape index (κ1) is 31.5. The fraction of sp³-hybridized carbons (Fsp3) is 0.385. The Morgan fingerprint density at radius 2 is 1.78 bits per heavy atom. The summed E-state index contributed by atoms with van der Waals surface area (Å²) in [6.45, 7) is 1.74. The number of nitrogens with zero attached hydrogens (tertiary/aromatic N) is 2. The minimum Gasteiger partial charge on any atom is -0.382 e. The van der Waals surface area contributed by atoms with Crippen molar-refractivity contribution in [2.24, 2.45) is 0 Å². The van der Waals surface area contributed by atoms with Gasteiger partial charge in [-0.05, 0) is 62.2 Å². The highest BCUT2D eigenvalue weighted by molar-refractivity contribution is 7.87. The zero-order valence-electron chi connectivity index (χ0n) is 21.4. The van der Waals surface area contributed by atoms with Crippen molar-refractivity contribution in [2.45, 2.75) is 57.2 Å². The van der Waals surface area contributed by atoms with Crippen molar-refractivity contribution >= 4 is 50.5 Å². The largest absolute Gasteiger partial charge is 0.390 e. The van der Waals surface area contributed by atoms with Crippen LogP contribution >= 0.6 is 35.4 Å². The van der Waals surface area contributed by atoms with E-state index in [9.17, 15) is 30.4 Å². The number of nitrogens with one attached hydrogen (secondary N) is 1. The van der Waals surface area contributed by atoms with Crippen molar-refractivity contribution in [3.63, 3.8) is 0 Å². The van der Waals surface area contributed by atoms with Crippen molar-refractivity contribution in [3.8, 4) is 22.8 Å². The van der Waals surface area contributed by atoms with Crippen LogP contribution in [0.3, 0.4) is 0 Å². The average molecular weight is 657 g/mol. The molecule has 1 N–H and O–H groups in total. The van der Waals surface area contributed by atoms with Gasteiger partial charge in [0.25, 0.3) is 0 Å². The lowest BCUT2D eigenvalue weighted by molar-refractivity contribution is -0.130. The maximum Gasteiger partial charge on any atom is 0.390 e. The Hall–Kier alpha value is -2.48. The van der Waals surface area contributed by atoms with E-state index < -0.39 is 34.4 Å². The van der Waals surface area contributed by atoms with Crippen LogP contribution in [0, 0.1) is 6.92 Å². The van der Waals surface area contributed by atoms with Crippen molar-refractivity contribution in [1.29, 1.82) is 0 Å². The van der Waals surface area contributed by atoms with Crippen molar-refractivity contribution in [1.82, 2.24) is 14.9 Å². The Morgan fingerprint density at radius 1 is 1.15 bits per heavy atom. The molecule has 3 aromatic rings. The summed E-state index contributed by atoms with van der Waals surface area (Å²) in [6, 6.07) is 10.2. The minimum absolute atomic E-state index is 0.175. The Bertz CT molecular complexity index is 1530. The van der Waals surface area contributed by atoms with Crippen LogP contribution in [-0.4, -0.2) is 46.9 Å². The molecular formula is C26H24Cl2F5N3O3S2. The fourth-order valence-electron chi connectivity index (χ4n) is 4.40. The molecule has 1 heterocycles. The van der Waals surface area contributed by atoms with E-state index in [0.29, 0.717) is 38.5 Å². The standard InChI is InChI=1S/C26H24Cl2F5N3O3S2/c1-15-22(24(40)34-17-8-10-25(29,30)11-9-17)35-23(20-7-2-16(27)14-21(20)28)36(15)18-3-5-19(6-4-18)39-41(37,38)13-12-26(31,32)33/h2-7,14,17H,8-13H2,1H3,(H,34,40). The Morgan fingerprint density at radius 3 is 2.37 bits per heavy atom. The average Bonchev–Trinajstić information content (AvgIpc) is 3.21. The number of hydrogen-bond acceptors (Lipinski definition) is 5. The van der Waals surface area contributed by atoms with E-state index in [1.165, 1.54) is 30.3 Å². The van der Waals surface area contributed by atoms with Crippen molar-refractivity contribution < 1.29 is 34.6 Å². The van der Waals surface area contributed by atoms with Gasteiger partial charge in [0.2, 0.25) is 5.92 Å². The van der Waals surface area contributed by atoms with E-state index in [1.54, 1.807) is 23.6 Å². The lowest BCUT2D eigenvalue weighted by Gasteiger charge is -2.29. The normalized spacial score (nSPS) is 16.0. The number of imidazole rings is 1. The third-order valence-corrected chi connectivity index (χ3v) is 8.51. The number of alkyl halides is 5. The molecule has 0 aliphatic heterocycles. The van der Waals surface area contributed by atoms with E-state index in [4.69, 9.17) is 44.6 Å². The minimum atomic E-state index is -4.65. The highest BCUT2D eigenvalue weighted by atomic mass is 35.5. The summed E-state index contributed by atoms with van der Waals surface area (Å²) in [5, 5.41) is 3.83. The summed E-state index contributed by atoms with van der Waals surface area (Å²) in [6.07, 6.45) is -6.17. The molecule has 0 amide bonds. The molecule has 6 nitrogen and oxygen atoms in total. The van der Waals surface area contributed by atoms with Gasteiger partial charge in [0, 0.05) is 35.2 Å². The van der Waals surface area contributed by atoms with Gasteiger partial charge >= 0.3 is 16.3 Å². The van der Waals surface area contributed by atoms with E-state index in [0.717, 1.165) is 0 Å². The summed E-state index contributed by atoms with van der Waals surface area (Å²) in [5.41, 5.74) is 1.94. The first-order valence-corrected chi connectivity index (χ1v) is 15.1. The molecule has 41 heavy (non-hydrogen) atoms. The van der Waals surface area contributed by atoms with Gasteiger partial charge in [-0.25, -0.2) is 13.8 Å². The van der Waals surface area contributed by atoms with Gasteiger partial charge in [-0.1, -0.05) is 35.4 Å². The van der Waals surface area contributed by atoms with E-state index >= 15 is 0 Å². The maximum atomic E-state index is 13.6. The van der Waals surface area contributed by atoms with Crippen LogP contribution in [-0.2, 0) is 10.1 Å². The monoisotopic (exact) mass is 655 g/mol. The second-order valence-corrected chi connectivity index (χ2v) is 12.6. The van der Waals surface area contributed by atoms with Gasteiger partial charge in [-0.15, -0.1) is 0 Å². The molecule has 4 rings (SSSR count). The molecule has 1 aromatic heterocycles. The topological polar surface area (TPSA) is 73.2 Å². The third kappa shape index (κ3) is 8.08. The van der Waals surface area contributed by atoms with Crippen LogP contribution < -0.4 is 9.50 Å². The number of thiocarbonyl (C=S) groups is 1. The molecule has 0 atom stereocenters. The molecule has 0 unspecified atom stereocenters. The third-order valence-electron chi connectivity index (χ3n) is 6.50. The summed E-state index contributed by atoms with van der Waals surface area (Å²) in [7, 11) is -4.48. The lowest BCUT2D eigenvalue weighted by Crippen LogP contribution is -2.40. The molecule has 0 radical (unpaired) electrons. The molecule has 2 aromatic carbocycles. The van der Waals surface area contributed by atoms with Crippen LogP contribution in [0.5, 0.6) is 5.75 Å². The highest BCUT2D eigenvalue weighted by Gasteiger charge is 2.35. The second-order valence-electron chi connectivity index (χ2n) is 9.64. The number of rotatable bonds is 8. The number of aromatic nitrogens is 2. The lowest BCUT2D eigenvalue weighted by atomic mass is 9.92. The quantitative estimate of drug-likeness (QED) is 0.153. The number of hydrogen-bond donors (Lipinski definition) is 1. The summed E-state index contributed by atoms with van der Waals surface area (Å²) in [5.74, 6) is -3.72. The number of halogens is 7. The van der Waals surface area contributed by atoms with Gasteiger partial charge in [0.15, 0.2) is 0 Å². The van der Waals surface area contributed by atoms with Crippen LogP contribution in [0.4, 0.5) is 22.0 Å². The highest BCUT2D eigenvalue weighted by Crippen LogP contribution is 2.35. The van der Waals surface area contributed by atoms with Crippen molar-refractivity contribution in [3.05, 3.63) is 63.9 Å². The molecule has 1 aliphatic rings. The molecule has 0 saturated heterocycles. The zero-order chi connectivity index (χ0) is 30.2. The second kappa shape index (κ2) is 12.0. The maximum absolute atomic E-state index is 13.6. The van der Waals surface area contributed by atoms with Crippen LogP contribution in [0.2, 0.25) is 10.0 Å². The first-order valence-electron chi connectivity index (χ1n) is 12.4. The summed E-state index contributed by atoms with van der Waals surface area (Å²) >= 11 is 18.2. The molecule has 0 bridgehead atoms. The first-order chi connectivity index (χ1) is 19.0. The molecule has 1 aliphatic carbocycles. The van der Waals surface area contributed by atoms with Gasteiger partial charge in [0.05, 0.1) is 22.9 Å². The smallest absolute Gasteiger partial charge is 0.382 e. The van der Waals surface area contributed by atoms with Crippen molar-refractivity contribution in [2.75, 3.05) is 5.75 Å². The predicted molar refractivity (Wildman–Crippen MR) is 151 cm³/mol. The summed E-state index contributed by atoms with van der Waals surface area (Å²) in [4.78, 5) is 4.98. The summed E-state index contributed by atoms with van der Waals surface area (Å²) < 4.78 is 95.2. The SMILES string of the molecule is Cc1c(C(=S)NC2CCC(F)(F)CC2)nc(-c2ccc(Cl)cc2Cl)n1-c1ccc(OS(=O)(=O)CCC(F)(F)F)cc1. The Labute approximate surface area is 248 Å². The molecule has 15 heteroatoms. The fourth-order valence-corrected chi connectivity index (χ4v) is 6.22. The van der Waals surface area contributed by atoms with Gasteiger partial charge < -0.3 is 9.50 Å². The molecular weight excluding hydrogens is 632 g/mol. The van der Waals surface area contributed by atoms with Crippen LogP contribution in [0.25, 0.3) is 17.1 Å². The van der Waals surface area contributed by atoms with Crippen LogP contribution in [0.15, 0.2) is 42.5 Å². The van der Waals surface area contributed by atoms with Gasteiger partial charge in [-0.3, -0.25) is 4.57 Å². The molecule has 1 saturated carbocycles. The molecule has 222 valence electrons. The van der Waals surface area contributed by atoms with Gasteiger partial charge in [-0.2, -0.15) is 21.6 Å². The van der Waals surface area contributed by atoms with Gasteiger partial charge in [0.1, 0.15) is 22.3 Å². The Kier molecular flexibility index (Phi) is 9.22. The van der Waals surface area contributed by atoms with Crippen LogP contribution in [0.1, 0.15) is 43.5 Å².